The summed E-state index contributed by atoms with van der Waals surface area (Å²) in [6, 6.07) is 6.51. The molecule has 3 nitrogen and oxygen atoms in total. The standard InChI is InChI=1S/C12H16FO3Si/c13-11-7-4-6-10(9-11)5-2-1-3-8-12(14,15)16-17/h4,6-7,9,14-15H,1-3,5,8H2. The minimum absolute atomic E-state index is 0.139. The van der Waals surface area contributed by atoms with Gasteiger partial charge in [0.15, 0.2) is 0 Å². The van der Waals surface area contributed by atoms with Gasteiger partial charge in [-0.15, -0.1) is 0 Å². The molecule has 1 rings (SSSR count). The topological polar surface area (TPSA) is 49.7 Å². The Bertz CT molecular complexity index is 344. The van der Waals surface area contributed by atoms with Crippen LogP contribution in [-0.2, 0) is 10.8 Å². The minimum Gasteiger partial charge on any atom is -0.371 e. The maximum atomic E-state index is 12.9. The average Bonchev–Trinajstić information content (AvgIpc) is 2.29. The summed E-state index contributed by atoms with van der Waals surface area (Å²) in [5, 5.41) is 18.2. The van der Waals surface area contributed by atoms with Gasteiger partial charge < -0.3 is 14.6 Å². The molecular weight excluding hydrogens is 239 g/mol. The summed E-state index contributed by atoms with van der Waals surface area (Å²) < 4.78 is 17.1. The van der Waals surface area contributed by atoms with Crippen LogP contribution in [0.1, 0.15) is 31.2 Å². The van der Waals surface area contributed by atoms with Crippen LogP contribution in [0.3, 0.4) is 0 Å². The van der Waals surface area contributed by atoms with E-state index in [0.717, 1.165) is 24.8 Å². The van der Waals surface area contributed by atoms with E-state index in [9.17, 15) is 4.39 Å². The van der Waals surface area contributed by atoms with Crippen LogP contribution >= 0.6 is 0 Å². The quantitative estimate of drug-likeness (QED) is 0.442. The highest BCUT2D eigenvalue weighted by Crippen LogP contribution is 2.14. The average molecular weight is 255 g/mol. The molecule has 0 saturated carbocycles. The Labute approximate surface area is 104 Å². The number of aryl methyl sites for hydroxylation is 1. The van der Waals surface area contributed by atoms with E-state index in [1.54, 1.807) is 6.07 Å². The highest BCUT2D eigenvalue weighted by Gasteiger charge is 2.20. The number of halogens is 1. The minimum atomic E-state index is -2.10. The molecule has 0 heterocycles. The van der Waals surface area contributed by atoms with Crippen molar-refractivity contribution >= 4 is 10.5 Å². The first-order chi connectivity index (χ1) is 8.03. The lowest BCUT2D eigenvalue weighted by Crippen LogP contribution is -2.30. The van der Waals surface area contributed by atoms with Gasteiger partial charge in [0.25, 0.3) is 16.5 Å². The lowest BCUT2D eigenvalue weighted by molar-refractivity contribution is -0.295. The van der Waals surface area contributed by atoms with Gasteiger partial charge in [-0.05, 0) is 37.0 Å². The zero-order chi connectivity index (χ0) is 12.7. The van der Waals surface area contributed by atoms with Crippen LogP contribution in [-0.4, -0.2) is 26.7 Å². The molecule has 2 N–H and O–H groups in total. The molecule has 5 heteroatoms. The molecule has 0 aliphatic rings. The number of hydrogen-bond acceptors (Lipinski definition) is 3. The van der Waals surface area contributed by atoms with Gasteiger partial charge in [-0.3, -0.25) is 0 Å². The van der Waals surface area contributed by atoms with Gasteiger partial charge in [-0.25, -0.2) is 4.39 Å². The van der Waals surface area contributed by atoms with Crippen LogP contribution in [0.2, 0.25) is 0 Å². The summed E-state index contributed by atoms with van der Waals surface area (Å²) >= 11 is 0. The van der Waals surface area contributed by atoms with Crippen LogP contribution in [0.25, 0.3) is 0 Å². The van der Waals surface area contributed by atoms with Gasteiger partial charge in [-0.2, -0.15) is 0 Å². The van der Waals surface area contributed by atoms with E-state index in [1.807, 2.05) is 6.07 Å². The molecule has 3 radical (unpaired) electrons. The first-order valence-electron chi connectivity index (χ1n) is 5.57. The SMILES string of the molecule is OC(O)(CCCCCc1cccc(F)c1)O[Si]. The van der Waals surface area contributed by atoms with Crippen molar-refractivity contribution < 1.29 is 19.0 Å². The fourth-order valence-corrected chi connectivity index (χ4v) is 1.71. The summed E-state index contributed by atoms with van der Waals surface area (Å²) in [6.07, 6.45) is 3.26. The first kappa shape index (κ1) is 14.3. The third-order valence-corrected chi connectivity index (χ3v) is 2.85. The molecule has 0 amide bonds. The van der Waals surface area contributed by atoms with Gasteiger partial charge in [0.05, 0.1) is 0 Å². The smallest absolute Gasteiger partial charge is 0.267 e. The van der Waals surface area contributed by atoms with Crippen molar-refractivity contribution in [1.82, 2.24) is 0 Å². The molecule has 0 fully saturated rings. The van der Waals surface area contributed by atoms with Gasteiger partial charge >= 0.3 is 0 Å². The fraction of sp³-hybridized carbons (Fsp3) is 0.500. The number of rotatable bonds is 7. The molecule has 0 unspecified atom stereocenters. The van der Waals surface area contributed by atoms with Crippen molar-refractivity contribution in [3.05, 3.63) is 35.6 Å². The molecule has 17 heavy (non-hydrogen) atoms. The van der Waals surface area contributed by atoms with E-state index in [1.165, 1.54) is 12.1 Å². The fourth-order valence-electron chi connectivity index (χ4n) is 1.60. The lowest BCUT2D eigenvalue weighted by Gasteiger charge is -2.19. The number of unbranched alkanes of at least 4 members (excludes halogenated alkanes) is 2. The Hall–Kier alpha value is -0.753. The lowest BCUT2D eigenvalue weighted by atomic mass is 10.1. The molecule has 93 valence electrons. The monoisotopic (exact) mass is 255 g/mol. The summed E-state index contributed by atoms with van der Waals surface area (Å²) in [7, 11) is 2.59. The Morgan fingerprint density at radius 1 is 1.24 bits per heavy atom. The summed E-state index contributed by atoms with van der Waals surface area (Å²) in [5.41, 5.74) is 0.959. The second-order valence-electron chi connectivity index (χ2n) is 4.04. The Morgan fingerprint density at radius 3 is 2.65 bits per heavy atom. The number of aliphatic hydroxyl groups is 2. The highest BCUT2D eigenvalue weighted by atomic mass is 28.2. The normalized spacial score (nSPS) is 11.8. The predicted molar refractivity (Wildman–Crippen MR) is 62.6 cm³/mol. The van der Waals surface area contributed by atoms with Crippen molar-refractivity contribution in [2.45, 2.75) is 38.1 Å². The second kappa shape index (κ2) is 6.86. The third-order valence-electron chi connectivity index (χ3n) is 2.52. The molecule has 0 saturated heterocycles. The molecule has 0 spiro atoms. The Morgan fingerprint density at radius 2 is 2.00 bits per heavy atom. The van der Waals surface area contributed by atoms with Crippen molar-refractivity contribution in [3.8, 4) is 0 Å². The Balaban J connectivity index is 2.17. The largest absolute Gasteiger partial charge is 0.371 e. The van der Waals surface area contributed by atoms with E-state index < -0.39 is 5.97 Å². The molecule has 0 aliphatic heterocycles. The highest BCUT2D eigenvalue weighted by molar-refractivity contribution is 5.98. The number of benzene rings is 1. The van der Waals surface area contributed by atoms with Gasteiger partial charge in [0, 0.05) is 6.42 Å². The van der Waals surface area contributed by atoms with Crippen LogP contribution in [0, 0.1) is 5.82 Å². The summed E-state index contributed by atoms with van der Waals surface area (Å²) in [6.45, 7) is 0. The third kappa shape index (κ3) is 5.93. The van der Waals surface area contributed by atoms with Crippen LogP contribution in [0.5, 0.6) is 0 Å². The first-order valence-corrected chi connectivity index (χ1v) is 5.98. The molecule has 1 aromatic carbocycles. The molecule has 0 aliphatic carbocycles. The second-order valence-corrected chi connectivity index (χ2v) is 4.24. The van der Waals surface area contributed by atoms with Gasteiger partial charge in [0.2, 0.25) is 0 Å². The van der Waals surface area contributed by atoms with Crippen molar-refractivity contribution in [1.29, 1.82) is 0 Å². The summed E-state index contributed by atoms with van der Waals surface area (Å²) in [4.78, 5) is 0. The van der Waals surface area contributed by atoms with Crippen LogP contribution in [0.15, 0.2) is 24.3 Å². The van der Waals surface area contributed by atoms with E-state index in [2.05, 4.69) is 14.9 Å². The molecular formula is C12H16FO3Si. The summed E-state index contributed by atoms with van der Waals surface area (Å²) in [5.74, 6) is -2.32. The van der Waals surface area contributed by atoms with Gasteiger partial charge in [0.1, 0.15) is 5.82 Å². The van der Waals surface area contributed by atoms with Crippen molar-refractivity contribution in [2.24, 2.45) is 0 Å². The van der Waals surface area contributed by atoms with Crippen molar-refractivity contribution in [2.75, 3.05) is 0 Å². The molecule has 0 aromatic heterocycles. The van der Waals surface area contributed by atoms with E-state index >= 15 is 0 Å². The molecule has 0 bridgehead atoms. The van der Waals surface area contributed by atoms with E-state index in [0.29, 0.717) is 6.42 Å². The van der Waals surface area contributed by atoms with Crippen molar-refractivity contribution in [3.63, 3.8) is 0 Å². The van der Waals surface area contributed by atoms with Gasteiger partial charge in [-0.1, -0.05) is 18.6 Å². The predicted octanol–water partition coefficient (Wildman–Crippen LogP) is 1.67. The maximum Gasteiger partial charge on any atom is 0.267 e. The maximum absolute atomic E-state index is 12.9. The molecule has 0 atom stereocenters. The zero-order valence-electron chi connectivity index (χ0n) is 9.53. The van der Waals surface area contributed by atoms with Crippen LogP contribution < -0.4 is 0 Å². The number of hydrogen-bond donors (Lipinski definition) is 2. The van der Waals surface area contributed by atoms with E-state index in [-0.39, 0.29) is 12.2 Å². The van der Waals surface area contributed by atoms with Crippen LogP contribution in [0.4, 0.5) is 4.39 Å². The zero-order valence-corrected chi connectivity index (χ0v) is 10.5. The van der Waals surface area contributed by atoms with E-state index in [4.69, 9.17) is 10.2 Å². The Kier molecular flexibility index (Phi) is 5.77. The molecule has 1 aromatic rings.